The zero-order chi connectivity index (χ0) is 10.0. The van der Waals surface area contributed by atoms with Crippen LogP contribution in [0.3, 0.4) is 0 Å². The Labute approximate surface area is 86.5 Å². The average molecular weight is 217 g/mol. The van der Waals surface area contributed by atoms with Gasteiger partial charge in [-0.05, 0) is 25.7 Å². The Morgan fingerprint density at radius 3 is 2.00 bits per heavy atom. The van der Waals surface area contributed by atoms with Gasteiger partial charge in [-0.3, -0.25) is 0 Å². The lowest BCUT2D eigenvalue weighted by molar-refractivity contribution is 0.429. The summed E-state index contributed by atoms with van der Waals surface area (Å²) in [6, 6.07) is 0. The van der Waals surface area contributed by atoms with E-state index >= 15 is 0 Å². The minimum absolute atomic E-state index is 0.0608. The summed E-state index contributed by atoms with van der Waals surface area (Å²) < 4.78 is 25.9. The molecule has 3 nitrogen and oxygen atoms in total. The molecular formula is C10H19NO2S. The Morgan fingerprint density at radius 1 is 0.857 bits per heavy atom. The Hall–Kier alpha value is -0.0900. The van der Waals surface area contributed by atoms with E-state index in [2.05, 4.69) is 0 Å². The van der Waals surface area contributed by atoms with Gasteiger partial charge < -0.3 is 0 Å². The molecule has 0 bridgehead atoms. The number of nitrogens with zero attached hydrogens (tertiary/aromatic N) is 1. The molecule has 0 aromatic heterocycles. The summed E-state index contributed by atoms with van der Waals surface area (Å²) >= 11 is 0. The molecule has 4 heteroatoms. The maximum atomic E-state index is 12.1. The van der Waals surface area contributed by atoms with Crippen LogP contribution in [0, 0.1) is 0 Å². The SMILES string of the molecule is O=S(=O)(C1CCCCC1)N1CCCC1. The van der Waals surface area contributed by atoms with Gasteiger partial charge in [-0.25, -0.2) is 12.7 Å². The Morgan fingerprint density at radius 2 is 1.43 bits per heavy atom. The maximum absolute atomic E-state index is 12.1. The van der Waals surface area contributed by atoms with Crippen LogP contribution >= 0.6 is 0 Å². The van der Waals surface area contributed by atoms with Crippen molar-refractivity contribution in [3.05, 3.63) is 0 Å². The van der Waals surface area contributed by atoms with Crippen LogP contribution in [0.2, 0.25) is 0 Å². The number of hydrogen-bond acceptors (Lipinski definition) is 2. The van der Waals surface area contributed by atoms with Crippen molar-refractivity contribution in [2.45, 2.75) is 50.2 Å². The van der Waals surface area contributed by atoms with E-state index in [1.807, 2.05) is 0 Å². The lowest BCUT2D eigenvalue weighted by atomic mass is 10.0. The lowest BCUT2D eigenvalue weighted by Gasteiger charge is -2.26. The third-order valence-electron chi connectivity index (χ3n) is 3.40. The third kappa shape index (κ3) is 1.96. The zero-order valence-corrected chi connectivity index (χ0v) is 9.43. The van der Waals surface area contributed by atoms with Gasteiger partial charge in [0, 0.05) is 13.1 Å². The highest BCUT2D eigenvalue weighted by Gasteiger charge is 2.33. The van der Waals surface area contributed by atoms with Crippen LogP contribution < -0.4 is 0 Å². The topological polar surface area (TPSA) is 37.4 Å². The molecule has 2 rings (SSSR count). The molecule has 1 saturated heterocycles. The minimum Gasteiger partial charge on any atom is -0.212 e. The van der Waals surface area contributed by atoms with Crippen molar-refractivity contribution >= 4 is 10.0 Å². The number of hydrogen-bond donors (Lipinski definition) is 0. The lowest BCUT2D eigenvalue weighted by Crippen LogP contribution is -2.37. The van der Waals surface area contributed by atoms with Gasteiger partial charge >= 0.3 is 0 Å². The molecule has 0 N–H and O–H groups in total. The van der Waals surface area contributed by atoms with Crippen molar-refractivity contribution in [3.63, 3.8) is 0 Å². The smallest absolute Gasteiger partial charge is 0.212 e. The van der Waals surface area contributed by atoms with E-state index in [-0.39, 0.29) is 5.25 Å². The number of rotatable bonds is 2. The first kappa shape index (κ1) is 10.4. The first-order chi connectivity index (χ1) is 6.71. The molecule has 0 aromatic rings. The van der Waals surface area contributed by atoms with Crippen molar-refractivity contribution in [2.75, 3.05) is 13.1 Å². The van der Waals surface area contributed by atoms with E-state index in [0.717, 1.165) is 51.6 Å². The normalized spacial score (nSPS) is 26.9. The quantitative estimate of drug-likeness (QED) is 0.706. The summed E-state index contributed by atoms with van der Waals surface area (Å²) in [5.41, 5.74) is 0. The third-order valence-corrected chi connectivity index (χ3v) is 5.80. The Bertz CT molecular complexity index is 274. The molecule has 0 amide bonds. The second kappa shape index (κ2) is 4.19. The van der Waals surface area contributed by atoms with Crippen molar-refractivity contribution in [3.8, 4) is 0 Å². The molecule has 2 fully saturated rings. The van der Waals surface area contributed by atoms with Crippen molar-refractivity contribution < 1.29 is 8.42 Å². The van der Waals surface area contributed by atoms with E-state index in [4.69, 9.17) is 0 Å². The minimum atomic E-state index is -2.93. The van der Waals surface area contributed by atoms with Crippen molar-refractivity contribution in [1.29, 1.82) is 0 Å². The van der Waals surface area contributed by atoms with Gasteiger partial charge in [0.05, 0.1) is 5.25 Å². The van der Waals surface area contributed by atoms with Crippen LogP contribution in [0.15, 0.2) is 0 Å². The van der Waals surface area contributed by atoms with Gasteiger partial charge in [-0.2, -0.15) is 0 Å². The largest absolute Gasteiger partial charge is 0.216 e. The standard InChI is InChI=1S/C10H19NO2S/c12-14(13,11-8-4-5-9-11)10-6-2-1-3-7-10/h10H,1-9H2. The van der Waals surface area contributed by atoms with Crippen molar-refractivity contribution in [1.82, 2.24) is 4.31 Å². The maximum Gasteiger partial charge on any atom is 0.216 e. The molecule has 1 aliphatic heterocycles. The molecular weight excluding hydrogens is 198 g/mol. The highest BCUT2D eigenvalue weighted by molar-refractivity contribution is 7.89. The monoisotopic (exact) mass is 217 g/mol. The first-order valence-electron chi connectivity index (χ1n) is 5.70. The van der Waals surface area contributed by atoms with Gasteiger partial charge in [0.15, 0.2) is 0 Å². The average Bonchev–Trinajstić information content (AvgIpc) is 2.72. The van der Waals surface area contributed by atoms with Gasteiger partial charge in [0.2, 0.25) is 10.0 Å². The fourth-order valence-electron chi connectivity index (χ4n) is 2.52. The summed E-state index contributed by atoms with van der Waals surface area (Å²) in [6.45, 7) is 1.53. The molecule has 1 saturated carbocycles. The van der Waals surface area contributed by atoms with E-state index in [9.17, 15) is 8.42 Å². The predicted octanol–water partition coefficient (Wildman–Crippen LogP) is 1.74. The molecule has 1 aliphatic carbocycles. The predicted molar refractivity (Wildman–Crippen MR) is 56.6 cm³/mol. The first-order valence-corrected chi connectivity index (χ1v) is 7.20. The van der Waals surface area contributed by atoms with Crippen LogP contribution in [-0.2, 0) is 10.0 Å². The fraction of sp³-hybridized carbons (Fsp3) is 1.00. The molecule has 2 aliphatic rings. The summed E-state index contributed by atoms with van der Waals surface area (Å²) in [5.74, 6) is 0. The number of sulfonamides is 1. The molecule has 0 spiro atoms. The van der Waals surface area contributed by atoms with Gasteiger partial charge in [0.1, 0.15) is 0 Å². The summed E-state index contributed by atoms with van der Waals surface area (Å²) in [5, 5.41) is -0.0608. The Kier molecular flexibility index (Phi) is 3.12. The van der Waals surface area contributed by atoms with Gasteiger partial charge in [-0.15, -0.1) is 0 Å². The second-order valence-corrected chi connectivity index (χ2v) is 6.62. The second-order valence-electron chi connectivity index (χ2n) is 4.41. The fourth-order valence-corrected chi connectivity index (χ4v) is 4.63. The molecule has 0 aromatic carbocycles. The van der Waals surface area contributed by atoms with Gasteiger partial charge in [0.25, 0.3) is 0 Å². The Balaban J connectivity index is 2.05. The molecule has 0 atom stereocenters. The molecule has 14 heavy (non-hydrogen) atoms. The van der Waals surface area contributed by atoms with Crippen LogP contribution in [0.5, 0.6) is 0 Å². The van der Waals surface area contributed by atoms with Crippen LogP contribution in [0.1, 0.15) is 44.9 Å². The van der Waals surface area contributed by atoms with Crippen LogP contribution in [0.4, 0.5) is 0 Å². The highest BCUT2D eigenvalue weighted by Crippen LogP contribution is 2.27. The van der Waals surface area contributed by atoms with Crippen molar-refractivity contribution in [2.24, 2.45) is 0 Å². The molecule has 0 unspecified atom stereocenters. The molecule has 1 heterocycles. The van der Waals surface area contributed by atoms with E-state index < -0.39 is 10.0 Å². The van der Waals surface area contributed by atoms with Crippen LogP contribution in [0.25, 0.3) is 0 Å². The van der Waals surface area contributed by atoms with E-state index in [1.54, 1.807) is 4.31 Å². The van der Waals surface area contributed by atoms with E-state index in [1.165, 1.54) is 6.42 Å². The zero-order valence-electron chi connectivity index (χ0n) is 8.61. The van der Waals surface area contributed by atoms with Crippen LogP contribution in [-0.4, -0.2) is 31.1 Å². The molecule has 0 radical (unpaired) electrons. The van der Waals surface area contributed by atoms with Gasteiger partial charge in [-0.1, -0.05) is 19.3 Å². The van der Waals surface area contributed by atoms with E-state index in [0.29, 0.717) is 0 Å². The summed E-state index contributed by atoms with van der Waals surface area (Å²) in [4.78, 5) is 0. The summed E-state index contributed by atoms with van der Waals surface area (Å²) in [7, 11) is -2.93. The highest BCUT2D eigenvalue weighted by atomic mass is 32.2. The summed E-state index contributed by atoms with van der Waals surface area (Å²) in [6.07, 6.45) is 7.27. The molecule has 82 valence electrons.